The number of furan rings is 1. The first-order chi connectivity index (χ1) is 8.94. The Kier molecular flexibility index (Phi) is 4.69. The molecule has 3 nitrogen and oxygen atoms in total. The second-order valence-electron chi connectivity index (χ2n) is 6.93. The summed E-state index contributed by atoms with van der Waals surface area (Å²) in [7, 11) is 0. The van der Waals surface area contributed by atoms with Gasteiger partial charge in [0, 0.05) is 17.6 Å². The largest absolute Gasteiger partial charge is 0.468 e. The maximum atomic E-state index is 5.68. The SMILES string of the molecule is CC1CCN(Cc2occc2CNC(C)(C)C)CC1. The van der Waals surface area contributed by atoms with Crippen LogP contribution < -0.4 is 5.32 Å². The highest BCUT2D eigenvalue weighted by atomic mass is 16.3. The predicted molar refractivity (Wildman–Crippen MR) is 79.0 cm³/mol. The van der Waals surface area contributed by atoms with Gasteiger partial charge in [-0.15, -0.1) is 0 Å². The van der Waals surface area contributed by atoms with E-state index < -0.39 is 0 Å². The molecule has 1 aromatic rings. The van der Waals surface area contributed by atoms with Gasteiger partial charge in [-0.05, 0) is 58.7 Å². The fourth-order valence-electron chi connectivity index (χ4n) is 2.45. The van der Waals surface area contributed by atoms with Crippen molar-refractivity contribution in [3.63, 3.8) is 0 Å². The molecule has 2 heterocycles. The first-order valence-corrected chi connectivity index (χ1v) is 7.47. The van der Waals surface area contributed by atoms with Crippen LogP contribution in [-0.4, -0.2) is 23.5 Å². The summed E-state index contributed by atoms with van der Waals surface area (Å²) >= 11 is 0. The van der Waals surface area contributed by atoms with E-state index in [4.69, 9.17) is 4.42 Å². The molecule has 0 saturated carbocycles. The van der Waals surface area contributed by atoms with Crippen molar-refractivity contribution in [1.82, 2.24) is 10.2 Å². The minimum absolute atomic E-state index is 0.148. The van der Waals surface area contributed by atoms with Crippen molar-refractivity contribution in [1.29, 1.82) is 0 Å². The lowest BCUT2D eigenvalue weighted by Gasteiger charge is -2.29. The Morgan fingerprint density at radius 2 is 2.00 bits per heavy atom. The minimum atomic E-state index is 0.148. The minimum Gasteiger partial charge on any atom is -0.468 e. The molecule has 2 rings (SSSR count). The molecule has 3 heteroatoms. The maximum absolute atomic E-state index is 5.68. The quantitative estimate of drug-likeness (QED) is 0.903. The van der Waals surface area contributed by atoms with Gasteiger partial charge in [-0.2, -0.15) is 0 Å². The molecular weight excluding hydrogens is 236 g/mol. The summed E-state index contributed by atoms with van der Waals surface area (Å²) in [4.78, 5) is 2.51. The maximum Gasteiger partial charge on any atom is 0.122 e. The number of hydrogen-bond donors (Lipinski definition) is 1. The van der Waals surface area contributed by atoms with Crippen molar-refractivity contribution in [2.24, 2.45) is 5.92 Å². The molecular formula is C16H28N2O. The molecule has 1 aliphatic rings. The number of nitrogens with zero attached hydrogens (tertiary/aromatic N) is 1. The molecule has 0 spiro atoms. The number of rotatable bonds is 4. The van der Waals surface area contributed by atoms with Crippen molar-refractivity contribution < 1.29 is 4.42 Å². The molecule has 0 radical (unpaired) electrons. The third-order valence-corrected chi connectivity index (χ3v) is 3.89. The van der Waals surface area contributed by atoms with Gasteiger partial charge in [0.2, 0.25) is 0 Å². The molecule has 1 aliphatic heterocycles. The lowest BCUT2D eigenvalue weighted by Crippen LogP contribution is -2.36. The van der Waals surface area contributed by atoms with E-state index in [0.717, 1.165) is 24.8 Å². The van der Waals surface area contributed by atoms with E-state index in [2.05, 4.69) is 44.0 Å². The van der Waals surface area contributed by atoms with E-state index >= 15 is 0 Å². The molecule has 0 aliphatic carbocycles. The average Bonchev–Trinajstić information content (AvgIpc) is 2.76. The Bertz CT molecular complexity index is 384. The van der Waals surface area contributed by atoms with Crippen molar-refractivity contribution in [3.8, 4) is 0 Å². The fraction of sp³-hybridized carbons (Fsp3) is 0.750. The third kappa shape index (κ3) is 4.66. The fourth-order valence-corrected chi connectivity index (χ4v) is 2.45. The van der Waals surface area contributed by atoms with Gasteiger partial charge in [0.25, 0.3) is 0 Å². The smallest absolute Gasteiger partial charge is 0.122 e. The Morgan fingerprint density at radius 1 is 1.32 bits per heavy atom. The molecule has 108 valence electrons. The van der Waals surface area contributed by atoms with E-state index in [0.29, 0.717) is 0 Å². The molecule has 19 heavy (non-hydrogen) atoms. The molecule has 0 atom stereocenters. The number of likely N-dealkylation sites (tertiary alicyclic amines) is 1. The standard InChI is InChI=1S/C16H28N2O/c1-13-5-8-18(9-6-13)12-15-14(7-10-19-15)11-17-16(2,3)4/h7,10,13,17H,5-6,8-9,11-12H2,1-4H3. The highest BCUT2D eigenvalue weighted by Crippen LogP contribution is 2.20. The zero-order valence-electron chi connectivity index (χ0n) is 12.8. The Balaban J connectivity index is 1.88. The summed E-state index contributed by atoms with van der Waals surface area (Å²) < 4.78 is 5.68. The van der Waals surface area contributed by atoms with Crippen LogP contribution in [0.1, 0.15) is 51.9 Å². The molecule has 1 N–H and O–H groups in total. The number of nitrogens with one attached hydrogen (secondary N) is 1. The molecule has 1 saturated heterocycles. The van der Waals surface area contributed by atoms with Crippen LogP contribution in [0.15, 0.2) is 16.7 Å². The third-order valence-electron chi connectivity index (χ3n) is 3.89. The summed E-state index contributed by atoms with van der Waals surface area (Å²) in [5.41, 5.74) is 1.45. The van der Waals surface area contributed by atoms with Gasteiger partial charge >= 0.3 is 0 Å². The van der Waals surface area contributed by atoms with E-state index in [1.165, 1.54) is 31.5 Å². The Morgan fingerprint density at radius 3 is 2.63 bits per heavy atom. The number of hydrogen-bond acceptors (Lipinski definition) is 3. The monoisotopic (exact) mass is 264 g/mol. The second kappa shape index (κ2) is 6.10. The van der Waals surface area contributed by atoms with Crippen LogP contribution >= 0.6 is 0 Å². The van der Waals surface area contributed by atoms with Crippen molar-refractivity contribution in [2.45, 2.75) is 59.2 Å². The summed E-state index contributed by atoms with van der Waals surface area (Å²) in [6.45, 7) is 13.2. The second-order valence-corrected chi connectivity index (χ2v) is 6.93. The summed E-state index contributed by atoms with van der Waals surface area (Å²) in [5, 5.41) is 3.53. The topological polar surface area (TPSA) is 28.4 Å². The van der Waals surface area contributed by atoms with Crippen molar-refractivity contribution >= 4 is 0 Å². The predicted octanol–water partition coefficient (Wildman–Crippen LogP) is 3.40. The van der Waals surface area contributed by atoms with Crippen LogP contribution in [0.2, 0.25) is 0 Å². The summed E-state index contributed by atoms with van der Waals surface area (Å²) in [6.07, 6.45) is 4.45. The van der Waals surface area contributed by atoms with E-state index in [9.17, 15) is 0 Å². The molecule has 0 unspecified atom stereocenters. The lowest BCUT2D eigenvalue weighted by molar-refractivity contribution is 0.173. The van der Waals surface area contributed by atoms with Crippen molar-refractivity contribution in [3.05, 3.63) is 23.7 Å². The highest BCUT2D eigenvalue weighted by molar-refractivity contribution is 5.17. The number of piperidine rings is 1. The zero-order chi connectivity index (χ0) is 13.9. The van der Waals surface area contributed by atoms with Gasteiger partial charge in [0.05, 0.1) is 12.8 Å². The van der Waals surface area contributed by atoms with Gasteiger partial charge in [-0.1, -0.05) is 6.92 Å². The Labute approximate surface area is 117 Å². The average molecular weight is 264 g/mol. The van der Waals surface area contributed by atoms with Gasteiger partial charge in [0.1, 0.15) is 5.76 Å². The normalized spacial score (nSPS) is 18.9. The van der Waals surface area contributed by atoms with Gasteiger partial charge in [-0.3, -0.25) is 4.90 Å². The molecule has 1 fully saturated rings. The van der Waals surface area contributed by atoms with Gasteiger partial charge in [-0.25, -0.2) is 0 Å². The Hall–Kier alpha value is -0.800. The van der Waals surface area contributed by atoms with E-state index in [1.54, 1.807) is 0 Å². The van der Waals surface area contributed by atoms with Crippen LogP contribution in [0.5, 0.6) is 0 Å². The molecule has 0 bridgehead atoms. The van der Waals surface area contributed by atoms with Crippen LogP contribution in [0.3, 0.4) is 0 Å². The van der Waals surface area contributed by atoms with Crippen LogP contribution in [-0.2, 0) is 13.1 Å². The van der Waals surface area contributed by atoms with E-state index in [-0.39, 0.29) is 5.54 Å². The van der Waals surface area contributed by atoms with Gasteiger partial charge < -0.3 is 9.73 Å². The van der Waals surface area contributed by atoms with Crippen LogP contribution in [0, 0.1) is 5.92 Å². The molecule has 0 amide bonds. The first-order valence-electron chi connectivity index (χ1n) is 7.47. The van der Waals surface area contributed by atoms with Crippen LogP contribution in [0.4, 0.5) is 0 Å². The summed E-state index contributed by atoms with van der Waals surface area (Å²) in [6, 6.07) is 2.10. The zero-order valence-corrected chi connectivity index (χ0v) is 12.8. The molecule has 0 aromatic carbocycles. The van der Waals surface area contributed by atoms with Crippen molar-refractivity contribution in [2.75, 3.05) is 13.1 Å². The van der Waals surface area contributed by atoms with Crippen LogP contribution in [0.25, 0.3) is 0 Å². The first kappa shape index (κ1) is 14.6. The lowest BCUT2D eigenvalue weighted by atomic mass is 9.99. The highest BCUT2D eigenvalue weighted by Gasteiger charge is 2.19. The van der Waals surface area contributed by atoms with E-state index in [1.807, 2.05) is 6.26 Å². The summed E-state index contributed by atoms with van der Waals surface area (Å²) in [5.74, 6) is 2.01. The molecule has 1 aromatic heterocycles. The van der Waals surface area contributed by atoms with Gasteiger partial charge in [0.15, 0.2) is 0 Å².